The van der Waals surface area contributed by atoms with E-state index in [1.165, 1.54) is 11.3 Å². The number of hydrogen-bond acceptors (Lipinski definition) is 6. The number of rotatable bonds is 2. The van der Waals surface area contributed by atoms with Gasteiger partial charge in [0.25, 0.3) is 0 Å². The van der Waals surface area contributed by atoms with Gasteiger partial charge in [-0.05, 0) is 25.0 Å². The summed E-state index contributed by atoms with van der Waals surface area (Å²) in [6, 6.07) is 5.50. The Morgan fingerprint density at radius 1 is 1.32 bits per heavy atom. The summed E-state index contributed by atoms with van der Waals surface area (Å²) >= 11 is 1.30. The predicted octanol–water partition coefficient (Wildman–Crippen LogP) is 1.95. The monoisotopic (exact) mass is 315 g/mol. The fourth-order valence-corrected chi connectivity index (χ4v) is 3.19. The van der Waals surface area contributed by atoms with Crippen LogP contribution >= 0.6 is 11.3 Å². The quantitative estimate of drug-likeness (QED) is 0.781. The van der Waals surface area contributed by atoms with Crippen molar-refractivity contribution >= 4 is 28.1 Å². The molecule has 0 unspecified atom stereocenters. The van der Waals surface area contributed by atoms with Crippen LogP contribution in [0.4, 0.5) is 9.93 Å². The minimum Gasteiger partial charge on any atom is -0.314 e. The zero-order chi connectivity index (χ0) is 14.9. The van der Waals surface area contributed by atoms with E-state index in [1.54, 1.807) is 10.4 Å². The Hall–Kier alpha value is -2.55. The molecule has 112 valence electrons. The molecule has 0 spiro atoms. The minimum atomic E-state index is -0.174. The number of fused-ring (bicyclic) bond motifs is 1. The summed E-state index contributed by atoms with van der Waals surface area (Å²) in [4.78, 5) is 14.2. The van der Waals surface area contributed by atoms with Crippen molar-refractivity contribution < 1.29 is 4.79 Å². The first-order chi connectivity index (χ1) is 10.8. The van der Waals surface area contributed by atoms with Crippen LogP contribution in [-0.4, -0.2) is 42.3 Å². The van der Waals surface area contributed by atoms with Crippen molar-refractivity contribution in [3.63, 3.8) is 0 Å². The number of hydrogen-bond donors (Lipinski definition) is 1. The molecule has 3 aromatic rings. The van der Waals surface area contributed by atoms with Crippen LogP contribution in [0.1, 0.15) is 24.7 Å². The van der Waals surface area contributed by atoms with Crippen molar-refractivity contribution in [2.45, 2.75) is 18.9 Å². The van der Waals surface area contributed by atoms with Gasteiger partial charge in [0.15, 0.2) is 11.5 Å². The Balaban J connectivity index is 1.62. The maximum absolute atomic E-state index is 12.5. The lowest BCUT2D eigenvalue weighted by molar-refractivity contribution is 0.204. The number of aromatic nitrogens is 5. The van der Waals surface area contributed by atoms with Crippen molar-refractivity contribution in [2.24, 2.45) is 0 Å². The van der Waals surface area contributed by atoms with Gasteiger partial charge in [0, 0.05) is 12.7 Å². The van der Waals surface area contributed by atoms with Gasteiger partial charge >= 0.3 is 6.03 Å². The summed E-state index contributed by atoms with van der Waals surface area (Å²) in [6.45, 7) is 0.692. The highest BCUT2D eigenvalue weighted by Gasteiger charge is 2.33. The molecule has 0 aromatic carbocycles. The number of likely N-dealkylation sites (tertiary alicyclic amines) is 1. The number of urea groups is 1. The Labute approximate surface area is 129 Å². The molecule has 4 heterocycles. The van der Waals surface area contributed by atoms with Gasteiger partial charge in [-0.3, -0.25) is 9.72 Å². The standard InChI is InChI=1S/C13H13N7OS/c21-13(15-12-18-14-8-22-12)19-7-3-4-9(19)11-17-16-10-5-1-2-6-20(10)11/h1-2,5-6,8-9H,3-4,7H2,(H,15,18,21)/t9-/m1/s1. The number of carbonyl (C=O) groups is 1. The van der Waals surface area contributed by atoms with E-state index < -0.39 is 0 Å². The number of amides is 2. The zero-order valence-corrected chi connectivity index (χ0v) is 12.4. The first kappa shape index (κ1) is 13.1. The largest absolute Gasteiger partial charge is 0.324 e. The van der Waals surface area contributed by atoms with E-state index in [-0.39, 0.29) is 12.1 Å². The van der Waals surface area contributed by atoms with Crippen LogP contribution in [0.5, 0.6) is 0 Å². The maximum atomic E-state index is 12.5. The van der Waals surface area contributed by atoms with Crippen LogP contribution in [0.15, 0.2) is 29.9 Å². The molecule has 1 aliphatic rings. The number of nitrogens with zero attached hydrogens (tertiary/aromatic N) is 6. The molecule has 3 aromatic heterocycles. The molecule has 0 aliphatic carbocycles. The Morgan fingerprint density at radius 2 is 2.27 bits per heavy atom. The van der Waals surface area contributed by atoms with E-state index >= 15 is 0 Å². The van der Waals surface area contributed by atoms with Gasteiger partial charge in [0.05, 0.1) is 6.04 Å². The van der Waals surface area contributed by atoms with Crippen LogP contribution in [0.2, 0.25) is 0 Å². The summed E-state index contributed by atoms with van der Waals surface area (Å²) < 4.78 is 1.93. The fourth-order valence-electron chi connectivity index (χ4n) is 2.76. The van der Waals surface area contributed by atoms with Crippen LogP contribution in [-0.2, 0) is 0 Å². The van der Waals surface area contributed by atoms with Gasteiger partial charge in [-0.2, -0.15) is 0 Å². The molecular formula is C13H13N7OS. The van der Waals surface area contributed by atoms with E-state index in [2.05, 4.69) is 25.7 Å². The molecule has 0 bridgehead atoms. The van der Waals surface area contributed by atoms with Crippen molar-refractivity contribution in [3.8, 4) is 0 Å². The van der Waals surface area contributed by atoms with Crippen LogP contribution < -0.4 is 5.32 Å². The maximum Gasteiger partial charge on any atom is 0.324 e. The number of anilines is 1. The van der Waals surface area contributed by atoms with Crippen molar-refractivity contribution in [1.82, 2.24) is 29.7 Å². The van der Waals surface area contributed by atoms with Crippen LogP contribution in [0.3, 0.4) is 0 Å². The van der Waals surface area contributed by atoms with Crippen molar-refractivity contribution in [1.29, 1.82) is 0 Å². The average Bonchev–Trinajstić information content (AvgIpc) is 3.26. The average molecular weight is 315 g/mol. The predicted molar refractivity (Wildman–Crippen MR) is 80.6 cm³/mol. The van der Waals surface area contributed by atoms with Crippen molar-refractivity contribution in [2.75, 3.05) is 11.9 Å². The molecule has 2 amide bonds. The molecule has 1 N–H and O–H groups in total. The number of carbonyl (C=O) groups excluding carboxylic acids is 1. The normalized spacial score (nSPS) is 18.0. The fraction of sp³-hybridized carbons (Fsp3) is 0.308. The SMILES string of the molecule is O=C(Nc1nncs1)N1CCC[C@@H]1c1nnc2ccccn12. The lowest BCUT2D eigenvalue weighted by Gasteiger charge is -2.23. The molecule has 0 saturated carbocycles. The van der Waals surface area contributed by atoms with E-state index in [0.717, 1.165) is 24.3 Å². The second-order valence-corrected chi connectivity index (χ2v) is 5.85. The van der Waals surface area contributed by atoms with E-state index in [4.69, 9.17) is 0 Å². The molecular weight excluding hydrogens is 302 g/mol. The Kier molecular flexibility index (Phi) is 3.19. The number of nitrogens with one attached hydrogen (secondary N) is 1. The third-order valence-corrected chi connectivity index (χ3v) is 4.33. The van der Waals surface area contributed by atoms with E-state index in [0.29, 0.717) is 11.7 Å². The highest BCUT2D eigenvalue weighted by molar-refractivity contribution is 7.13. The summed E-state index contributed by atoms with van der Waals surface area (Å²) in [5, 5.41) is 19.3. The molecule has 4 rings (SSSR count). The lowest BCUT2D eigenvalue weighted by atomic mass is 10.2. The van der Waals surface area contributed by atoms with E-state index in [9.17, 15) is 4.79 Å². The second-order valence-electron chi connectivity index (χ2n) is 5.01. The third kappa shape index (κ3) is 2.19. The highest BCUT2D eigenvalue weighted by Crippen LogP contribution is 2.31. The lowest BCUT2D eigenvalue weighted by Crippen LogP contribution is -2.35. The minimum absolute atomic E-state index is 0.0784. The second kappa shape index (κ2) is 5.34. The Bertz CT molecular complexity index is 800. The topological polar surface area (TPSA) is 88.3 Å². The summed E-state index contributed by atoms with van der Waals surface area (Å²) in [5.74, 6) is 0.792. The van der Waals surface area contributed by atoms with Gasteiger partial charge in [0.1, 0.15) is 5.51 Å². The van der Waals surface area contributed by atoms with Gasteiger partial charge in [-0.15, -0.1) is 20.4 Å². The molecule has 8 nitrogen and oxygen atoms in total. The molecule has 1 saturated heterocycles. The number of pyridine rings is 1. The Morgan fingerprint density at radius 3 is 3.14 bits per heavy atom. The highest BCUT2D eigenvalue weighted by atomic mass is 32.1. The summed E-state index contributed by atoms with van der Waals surface area (Å²) in [6.07, 6.45) is 3.74. The van der Waals surface area contributed by atoms with E-state index in [1.807, 2.05) is 28.8 Å². The molecule has 22 heavy (non-hydrogen) atoms. The van der Waals surface area contributed by atoms with Crippen LogP contribution in [0, 0.1) is 0 Å². The molecule has 1 fully saturated rings. The summed E-state index contributed by atoms with van der Waals surface area (Å²) in [5.41, 5.74) is 2.37. The first-order valence-corrected chi connectivity index (χ1v) is 7.84. The first-order valence-electron chi connectivity index (χ1n) is 6.96. The van der Waals surface area contributed by atoms with Gasteiger partial charge in [-0.1, -0.05) is 17.4 Å². The van der Waals surface area contributed by atoms with Gasteiger partial charge < -0.3 is 4.90 Å². The van der Waals surface area contributed by atoms with Crippen molar-refractivity contribution in [3.05, 3.63) is 35.7 Å². The van der Waals surface area contributed by atoms with Gasteiger partial charge in [-0.25, -0.2) is 4.79 Å². The van der Waals surface area contributed by atoms with Crippen LogP contribution in [0.25, 0.3) is 5.65 Å². The third-order valence-electron chi connectivity index (χ3n) is 3.73. The summed E-state index contributed by atoms with van der Waals surface area (Å²) in [7, 11) is 0. The zero-order valence-electron chi connectivity index (χ0n) is 11.6. The molecule has 1 atom stereocenters. The molecule has 9 heteroatoms. The smallest absolute Gasteiger partial charge is 0.314 e. The molecule has 0 radical (unpaired) electrons. The van der Waals surface area contributed by atoms with Gasteiger partial charge in [0.2, 0.25) is 5.13 Å². The molecule has 1 aliphatic heterocycles.